The van der Waals surface area contributed by atoms with Gasteiger partial charge in [0, 0.05) is 18.1 Å². The van der Waals surface area contributed by atoms with Crippen LogP contribution >= 0.6 is 0 Å². The van der Waals surface area contributed by atoms with E-state index in [1.807, 2.05) is 30.3 Å². The van der Waals surface area contributed by atoms with Crippen LogP contribution < -0.4 is 4.74 Å². The Bertz CT molecular complexity index is 708. The largest absolute Gasteiger partial charge is 0.490 e. The smallest absolute Gasteiger partial charge is 0.306 e. The molecule has 1 fully saturated rings. The molecule has 1 aliphatic rings. The van der Waals surface area contributed by atoms with E-state index in [1.165, 1.54) is 0 Å². The lowest BCUT2D eigenvalue weighted by Gasteiger charge is -2.30. The third-order valence-corrected chi connectivity index (χ3v) is 4.75. The van der Waals surface area contributed by atoms with E-state index in [2.05, 4.69) is 9.88 Å². The maximum atomic E-state index is 11.0. The van der Waals surface area contributed by atoms with Gasteiger partial charge in [0.2, 0.25) is 0 Å². The van der Waals surface area contributed by atoms with Gasteiger partial charge >= 0.3 is 5.97 Å². The second kappa shape index (κ2) is 8.27. The number of piperidine rings is 1. The number of benzene rings is 1. The molecule has 1 atom stereocenters. The van der Waals surface area contributed by atoms with Gasteiger partial charge in [-0.25, -0.2) is 0 Å². The summed E-state index contributed by atoms with van der Waals surface area (Å²) < 4.78 is 5.78. The molecule has 2 heterocycles. The molecule has 2 aromatic rings. The first kappa shape index (κ1) is 17.6. The van der Waals surface area contributed by atoms with E-state index >= 15 is 0 Å². The molecule has 3 rings (SSSR count). The van der Waals surface area contributed by atoms with Crippen molar-refractivity contribution in [2.24, 2.45) is 5.92 Å². The fraction of sp³-hybridized carbons (Fsp3) is 0.474. The van der Waals surface area contributed by atoms with E-state index in [9.17, 15) is 9.90 Å². The van der Waals surface area contributed by atoms with Gasteiger partial charge in [0.15, 0.2) is 0 Å². The molecule has 0 saturated carbocycles. The van der Waals surface area contributed by atoms with Gasteiger partial charge in [0.25, 0.3) is 0 Å². The Morgan fingerprint density at radius 3 is 2.84 bits per heavy atom. The Morgan fingerprint density at radius 1 is 1.28 bits per heavy atom. The van der Waals surface area contributed by atoms with Gasteiger partial charge in [-0.05, 0) is 56.6 Å². The first-order valence-corrected chi connectivity index (χ1v) is 8.73. The zero-order valence-corrected chi connectivity index (χ0v) is 14.2. The zero-order chi connectivity index (χ0) is 17.6. The molecule has 134 valence electrons. The van der Waals surface area contributed by atoms with Crippen molar-refractivity contribution in [1.29, 1.82) is 0 Å². The van der Waals surface area contributed by atoms with Crippen molar-refractivity contribution in [3.05, 3.63) is 36.5 Å². The molecule has 6 nitrogen and oxygen atoms in total. The monoisotopic (exact) mass is 344 g/mol. The summed E-state index contributed by atoms with van der Waals surface area (Å²) in [7, 11) is 0. The van der Waals surface area contributed by atoms with Gasteiger partial charge < -0.3 is 19.8 Å². The molecule has 1 aromatic carbocycles. The molecule has 1 saturated heterocycles. The van der Waals surface area contributed by atoms with Crippen LogP contribution in [0.25, 0.3) is 10.9 Å². The molecule has 0 bridgehead atoms. The summed E-state index contributed by atoms with van der Waals surface area (Å²) in [5.74, 6) is -0.186. The maximum Gasteiger partial charge on any atom is 0.306 e. The van der Waals surface area contributed by atoms with Crippen LogP contribution in [0.4, 0.5) is 0 Å². The lowest BCUT2D eigenvalue weighted by Crippen LogP contribution is -2.38. The van der Waals surface area contributed by atoms with Crippen molar-refractivity contribution in [1.82, 2.24) is 9.88 Å². The number of rotatable bonds is 7. The van der Waals surface area contributed by atoms with Crippen LogP contribution in [0.2, 0.25) is 0 Å². The van der Waals surface area contributed by atoms with Crippen LogP contribution in [0.1, 0.15) is 19.3 Å². The van der Waals surface area contributed by atoms with E-state index in [1.54, 1.807) is 6.20 Å². The first-order chi connectivity index (χ1) is 12.1. The number of ether oxygens (including phenoxy) is 1. The first-order valence-electron chi connectivity index (χ1n) is 8.73. The molecule has 6 heteroatoms. The van der Waals surface area contributed by atoms with E-state index < -0.39 is 12.1 Å². The SMILES string of the molecule is O=C(O)C1CCN(CCC(O)COc2cccc3ncccc23)CC1. The molecular weight excluding hydrogens is 320 g/mol. The highest BCUT2D eigenvalue weighted by Gasteiger charge is 2.24. The molecule has 1 aliphatic heterocycles. The molecule has 2 N–H and O–H groups in total. The number of pyridine rings is 1. The minimum atomic E-state index is -0.697. The molecule has 0 spiro atoms. The number of aliphatic hydroxyl groups is 1. The topological polar surface area (TPSA) is 82.9 Å². The van der Waals surface area contributed by atoms with Gasteiger partial charge in [-0.1, -0.05) is 6.07 Å². The highest BCUT2D eigenvalue weighted by molar-refractivity contribution is 5.84. The fourth-order valence-corrected chi connectivity index (χ4v) is 3.21. The molecule has 25 heavy (non-hydrogen) atoms. The van der Waals surface area contributed by atoms with Crippen molar-refractivity contribution >= 4 is 16.9 Å². The van der Waals surface area contributed by atoms with Crippen LogP contribution in [0.5, 0.6) is 5.75 Å². The normalized spacial score (nSPS) is 17.5. The Hall–Kier alpha value is -2.18. The lowest BCUT2D eigenvalue weighted by atomic mass is 9.97. The number of nitrogens with zero attached hydrogens (tertiary/aromatic N) is 2. The number of carboxylic acid groups (broad SMARTS) is 1. The van der Waals surface area contributed by atoms with Crippen LogP contribution in [0.3, 0.4) is 0 Å². The number of aliphatic hydroxyl groups excluding tert-OH is 1. The molecule has 1 aromatic heterocycles. The van der Waals surface area contributed by atoms with E-state index in [0.717, 1.165) is 36.3 Å². The molecule has 0 radical (unpaired) electrons. The molecular formula is C19H24N2O4. The van der Waals surface area contributed by atoms with Crippen LogP contribution in [0.15, 0.2) is 36.5 Å². The maximum absolute atomic E-state index is 11.0. The van der Waals surface area contributed by atoms with Crippen molar-refractivity contribution in [2.45, 2.75) is 25.4 Å². The summed E-state index contributed by atoms with van der Waals surface area (Å²) >= 11 is 0. The zero-order valence-electron chi connectivity index (χ0n) is 14.2. The summed E-state index contributed by atoms with van der Waals surface area (Å²) in [6, 6.07) is 9.53. The number of hydrogen-bond acceptors (Lipinski definition) is 5. The van der Waals surface area contributed by atoms with Gasteiger partial charge in [-0.2, -0.15) is 0 Å². The number of carboxylic acids is 1. The third kappa shape index (κ3) is 4.67. The van der Waals surface area contributed by atoms with Crippen molar-refractivity contribution < 1.29 is 19.7 Å². The summed E-state index contributed by atoms with van der Waals surface area (Å²) in [5, 5.41) is 20.1. The summed E-state index contributed by atoms with van der Waals surface area (Å²) in [6.07, 6.45) is 3.18. The Labute approximate surface area is 147 Å². The highest BCUT2D eigenvalue weighted by Crippen LogP contribution is 2.24. The van der Waals surface area contributed by atoms with Crippen LogP contribution in [-0.2, 0) is 4.79 Å². The summed E-state index contributed by atoms with van der Waals surface area (Å²) in [4.78, 5) is 17.5. The van der Waals surface area contributed by atoms with Crippen molar-refractivity contribution in [2.75, 3.05) is 26.2 Å². The standard InChI is InChI=1S/C19H24N2O4/c22-15(8-12-21-10-6-14(7-11-21)19(23)24)13-25-18-5-1-4-17-16(18)3-2-9-20-17/h1-5,9,14-15,22H,6-8,10-13H2,(H,23,24). The summed E-state index contributed by atoms with van der Waals surface area (Å²) in [6.45, 7) is 2.55. The van der Waals surface area contributed by atoms with Gasteiger partial charge in [-0.3, -0.25) is 9.78 Å². The lowest BCUT2D eigenvalue weighted by molar-refractivity contribution is -0.143. The molecule has 0 aliphatic carbocycles. The average Bonchev–Trinajstić information content (AvgIpc) is 2.65. The quantitative estimate of drug-likeness (QED) is 0.801. The van der Waals surface area contributed by atoms with Crippen molar-refractivity contribution in [3.63, 3.8) is 0 Å². The minimum Gasteiger partial charge on any atom is -0.490 e. The second-order valence-electron chi connectivity index (χ2n) is 6.53. The third-order valence-electron chi connectivity index (χ3n) is 4.75. The van der Waals surface area contributed by atoms with E-state index in [0.29, 0.717) is 19.3 Å². The van der Waals surface area contributed by atoms with Crippen molar-refractivity contribution in [3.8, 4) is 5.75 Å². The number of carbonyl (C=O) groups is 1. The minimum absolute atomic E-state index is 0.218. The number of aromatic nitrogens is 1. The average molecular weight is 344 g/mol. The predicted octanol–water partition coefficient (Wildman–Crippen LogP) is 2.16. The fourth-order valence-electron chi connectivity index (χ4n) is 3.21. The summed E-state index contributed by atoms with van der Waals surface area (Å²) in [5.41, 5.74) is 0.871. The van der Waals surface area contributed by atoms with Gasteiger partial charge in [0.05, 0.1) is 17.5 Å². The van der Waals surface area contributed by atoms with E-state index in [-0.39, 0.29) is 12.5 Å². The van der Waals surface area contributed by atoms with Crippen LogP contribution in [0, 0.1) is 5.92 Å². The van der Waals surface area contributed by atoms with Crippen LogP contribution in [-0.4, -0.2) is 58.4 Å². The Kier molecular flexibility index (Phi) is 5.83. The molecule has 1 unspecified atom stereocenters. The van der Waals surface area contributed by atoms with Gasteiger partial charge in [-0.15, -0.1) is 0 Å². The Balaban J connectivity index is 1.44. The number of aliphatic carboxylic acids is 1. The van der Waals surface area contributed by atoms with Gasteiger partial charge in [0.1, 0.15) is 12.4 Å². The number of likely N-dealkylation sites (tertiary alicyclic amines) is 1. The number of fused-ring (bicyclic) bond motifs is 1. The Morgan fingerprint density at radius 2 is 2.08 bits per heavy atom. The second-order valence-corrected chi connectivity index (χ2v) is 6.53. The molecule has 0 amide bonds. The number of hydrogen-bond donors (Lipinski definition) is 2. The van der Waals surface area contributed by atoms with E-state index in [4.69, 9.17) is 9.84 Å². The highest BCUT2D eigenvalue weighted by atomic mass is 16.5. The predicted molar refractivity (Wildman–Crippen MR) is 94.7 cm³/mol.